The molecule has 3 nitrogen and oxygen atoms in total. The quantitative estimate of drug-likeness (QED) is 0.672. The van der Waals surface area contributed by atoms with Gasteiger partial charge >= 0.3 is 0 Å². The predicted octanol–water partition coefficient (Wildman–Crippen LogP) is 2.64. The first-order valence-corrected chi connectivity index (χ1v) is 8.89. The summed E-state index contributed by atoms with van der Waals surface area (Å²) in [4.78, 5) is 2.50. The Morgan fingerprint density at radius 2 is 1.90 bits per heavy atom. The van der Waals surface area contributed by atoms with Gasteiger partial charge in [0.15, 0.2) is 0 Å². The third-order valence-electron chi connectivity index (χ3n) is 5.01. The molecule has 0 amide bonds. The number of nitrogens with one attached hydrogen (secondary N) is 1. The van der Waals surface area contributed by atoms with Crippen molar-refractivity contribution in [2.75, 3.05) is 32.7 Å². The van der Waals surface area contributed by atoms with Gasteiger partial charge in [-0.3, -0.25) is 0 Å². The van der Waals surface area contributed by atoms with Crippen LogP contribution in [0.25, 0.3) is 0 Å². The minimum absolute atomic E-state index is 0.0968. The van der Waals surface area contributed by atoms with Gasteiger partial charge in [0.05, 0.1) is 6.10 Å². The molecule has 0 aromatic heterocycles. The lowest BCUT2D eigenvalue weighted by atomic mass is 9.96. The molecule has 2 fully saturated rings. The van der Waals surface area contributed by atoms with Crippen molar-refractivity contribution in [3.8, 4) is 0 Å². The molecule has 2 rings (SSSR count). The fourth-order valence-corrected chi connectivity index (χ4v) is 3.97. The fourth-order valence-electron chi connectivity index (χ4n) is 3.97. The van der Waals surface area contributed by atoms with Crippen LogP contribution in [0.1, 0.15) is 58.3 Å². The van der Waals surface area contributed by atoms with E-state index in [-0.39, 0.29) is 6.10 Å². The van der Waals surface area contributed by atoms with E-state index < -0.39 is 0 Å². The average Bonchev–Trinajstić information content (AvgIpc) is 2.92. The van der Waals surface area contributed by atoms with Crippen LogP contribution in [-0.2, 0) is 0 Å². The van der Waals surface area contributed by atoms with Gasteiger partial charge in [0.1, 0.15) is 0 Å². The summed E-state index contributed by atoms with van der Waals surface area (Å²) < 4.78 is 0. The van der Waals surface area contributed by atoms with E-state index in [9.17, 15) is 5.11 Å². The predicted molar refractivity (Wildman–Crippen MR) is 84.9 cm³/mol. The monoisotopic (exact) mass is 282 g/mol. The molecule has 0 bridgehead atoms. The van der Waals surface area contributed by atoms with E-state index >= 15 is 0 Å². The topological polar surface area (TPSA) is 35.5 Å². The minimum Gasteiger partial charge on any atom is -0.392 e. The lowest BCUT2D eigenvalue weighted by molar-refractivity contribution is 0.0690. The molecule has 1 aliphatic carbocycles. The SMILES string of the molecule is CCCNCC1CCCN(CC(O)CC2CCCC2)C1. The van der Waals surface area contributed by atoms with Crippen molar-refractivity contribution in [1.29, 1.82) is 0 Å². The zero-order valence-electron chi connectivity index (χ0n) is 13.3. The molecule has 0 aromatic rings. The first-order chi connectivity index (χ1) is 9.78. The van der Waals surface area contributed by atoms with Crippen molar-refractivity contribution in [2.45, 2.75) is 64.4 Å². The molecule has 2 atom stereocenters. The van der Waals surface area contributed by atoms with Gasteiger partial charge in [-0.15, -0.1) is 0 Å². The highest BCUT2D eigenvalue weighted by molar-refractivity contribution is 4.78. The van der Waals surface area contributed by atoms with Crippen LogP contribution in [0, 0.1) is 11.8 Å². The number of likely N-dealkylation sites (tertiary alicyclic amines) is 1. The molecule has 1 saturated carbocycles. The number of nitrogens with zero attached hydrogens (tertiary/aromatic N) is 1. The average molecular weight is 282 g/mol. The van der Waals surface area contributed by atoms with Gasteiger partial charge in [0.2, 0.25) is 0 Å². The second kappa shape index (κ2) is 9.01. The molecule has 2 aliphatic rings. The number of aliphatic hydroxyl groups is 1. The molecular formula is C17H34N2O. The molecule has 0 aromatic carbocycles. The van der Waals surface area contributed by atoms with Gasteiger partial charge in [-0.2, -0.15) is 0 Å². The molecule has 1 heterocycles. The maximum atomic E-state index is 10.3. The lowest BCUT2D eigenvalue weighted by Crippen LogP contribution is -2.43. The first kappa shape index (κ1) is 16.3. The van der Waals surface area contributed by atoms with Gasteiger partial charge in [-0.25, -0.2) is 0 Å². The summed E-state index contributed by atoms with van der Waals surface area (Å²) in [5, 5.41) is 13.9. The second-order valence-electron chi connectivity index (χ2n) is 7.01. The number of rotatable bonds is 8. The second-order valence-corrected chi connectivity index (χ2v) is 7.01. The third kappa shape index (κ3) is 5.71. The van der Waals surface area contributed by atoms with Crippen LogP contribution < -0.4 is 5.32 Å². The van der Waals surface area contributed by atoms with Crippen LogP contribution in [0.5, 0.6) is 0 Å². The Morgan fingerprint density at radius 3 is 2.65 bits per heavy atom. The van der Waals surface area contributed by atoms with Crippen molar-refractivity contribution in [1.82, 2.24) is 10.2 Å². The normalized spacial score (nSPS) is 27.0. The summed E-state index contributed by atoms with van der Waals surface area (Å²) in [6, 6.07) is 0. The highest BCUT2D eigenvalue weighted by atomic mass is 16.3. The Hall–Kier alpha value is -0.120. The van der Waals surface area contributed by atoms with Crippen LogP contribution in [0.3, 0.4) is 0 Å². The Balaban J connectivity index is 1.63. The van der Waals surface area contributed by atoms with E-state index in [1.165, 1.54) is 58.0 Å². The van der Waals surface area contributed by atoms with Crippen molar-refractivity contribution < 1.29 is 5.11 Å². The highest BCUT2D eigenvalue weighted by Gasteiger charge is 2.24. The molecule has 2 unspecified atom stereocenters. The summed E-state index contributed by atoms with van der Waals surface area (Å²) in [5.41, 5.74) is 0. The number of hydrogen-bond donors (Lipinski definition) is 2. The molecule has 1 aliphatic heterocycles. The van der Waals surface area contributed by atoms with Crippen molar-refractivity contribution in [3.05, 3.63) is 0 Å². The molecule has 3 heteroatoms. The summed E-state index contributed by atoms with van der Waals surface area (Å²) in [5.74, 6) is 1.59. The number of piperidine rings is 1. The van der Waals surface area contributed by atoms with E-state index in [1.807, 2.05) is 0 Å². The molecule has 118 valence electrons. The Morgan fingerprint density at radius 1 is 1.15 bits per heavy atom. The lowest BCUT2D eigenvalue weighted by Gasteiger charge is -2.34. The van der Waals surface area contributed by atoms with E-state index in [1.54, 1.807) is 0 Å². The number of β-amino-alcohol motifs (C(OH)–C–C–N with tert-alkyl or cyclic N) is 1. The zero-order chi connectivity index (χ0) is 14.2. The number of hydrogen-bond acceptors (Lipinski definition) is 3. The Kier molecular flexibility index (Phi) is 7.32. The maximum absolute atomic E-state index is 10.3. The van der Waals surface area contributed by atoms with Crippen LogP contribution in [0.2, 0.25) is 0 Å². The molecule has 1 saturated heterocycles. The third-order valence-corrected chi connectivity index (χ3v) is 5.01. The summed E-state index contributed by atoms with van der Waals surface area (Å²) in [7, 11) is 0. The number of aliphatic hydroxyl groups excluding tert-OH is 1. The van der Waals surface area contributed by atoms with Crippen molar-refractivity contribution in [3.63, 3.8) is 0 Å². The van der Waals surface area contributed by atoms with Crippen molar-refractivity contribution >= 4 is 0 Å². The minimum atomic E-state index is -0.0968. The molecule has 20 heavy (non-hydrogen) atoms. The van der Waals surface area contributed by atoms with Gasteiger partial charge in [0, 0.05) is 13.1 Å². The first-order valence-electron chi connectivity index (χ1n) is 8.89. The van der Waals surface area contributed by atoms with E-state index in [2.05, 4.69) is 17.1 Å². The van der Waals surface area contributed by atoms with Crippen LogP contribution in [0.15, 0.2) is 0 Å². The van der Waals surface area contributed by atoms with Gasteiger partial charge in [-0.05, 0) is 57.2 Å². The van der Waals surface area contributed by atoms with E-state index in [0.29, 0.717) is 0 Å². The summed E-state index contributed by atoms with van der Waals surface area (Å²) >= 11 is 0. The Labute approximate surface area is 125 Å². The van der Waals surface area contributed by atoms with Crippen LogP contribution >= 0.6 is 0 Å². The van der Waals surface area contributed by atoms with Crippen LogP contribution in [-0.4, -0.2) is 48.8 Å². The van der Waals surface area contributed by atoms with Gasteiger partial charge in [-0.1, -0.05) is 32.6 Å². The molecule has 0 spiro atoms. The van der Waals surface area contributed by atoms with E-state index in [4.69, 9.17) is 0 Å². The Bertz CT molecular complexity index is 253. The fraction of sp³-hybridized carbons (Fsp3) is 1.00. The maximum Gasteiger partial charge on any atom is 0.0669 e. The summed E-state index contributed by atoms with van der Waals surface area (Å²) in [6.45, 7) is 7.79. The summed E-state index contributed by atoms with van der Waals surface area (Å²) in [6.07, 6.45) is 10.3. The smallest absolute Gasteiger partial charge is 0.0669 e. The van der Waals surface area contributed by atoms with Crippen molar-refractivity contribution in [2.24, 2.45) is 11.8 Å². The zero-order valence-corrected chi connectivity index (χ0v) is 13.3. The largest absolute Gasteiger partial charge is 0.392 e. The van der Waals surface area contributed by atoms with Gasteiger partial charge < -0.3 is 15.3 Å². The standard InChI is InChI=1S/C17H34N2O/c1-2-9-18-12-16-8-5-10-19(13-16)14-17(20)11-15-6-3-4-7-15/h15-18,20H,2-14H2,1H3. The molecular weight excluding hydrogens is 248 g/mol. The van der Waals surface area contributed by atoms with Crippen LogP contribution in [0.4, 0.5) is 0 Å². The molecule has 2 N–H and O–H groups in total. The highest BCUT2D eigenvalue weighted by Crippen LogP contribution is 2.29. The molecule has 0 radical (unpaired) electrons. The van der Waals surface area contributed by atoms with E-state index in [0.717, 1.165) is 37.9 Å². The van der Waals surface area contributed by atoms with Gasteiger partial charge in [0.25, 0.3) is 0 Å².